The summed E-state index contributed by atoms with van der Waals surface area (Å²) in [6.45, 7) is 0. The van der Waals surface area contributed by atoms with Crippen LogP contribution in [0.25, 0.3) is 33.1 Å². The molecule has 3 aromatic carbocycles. The predicted octanol–water partition coefficient (Wildman–Crippen LogP) is 5.11. The summed E-state index contributed by atoms with van der Waals surface area (Å²) in [4.78, 5) is 0. The minimum absolute atomic E-state index is 0.0408. The molecule has 0 bridgehead atoms. The van der Waals surface area contributed by atoms with Crippen molar-refractivity contribution in [2.45, 2.75) is 0 Å². The van der Waals surface area contributed by atoms with E-state index in [9.17, 15) is 13.9 Å². The number of aromatic hydroxyl groups is 1. The first-order chi connectivity index (χ1) is 11.6. The molecule has 1 aromatic heterocycles. The second-order valence-corrected chi connectivity index (χ2v) is 5.36. The highest BCUT2D eigenvalue weighted by atomic mass is 19.1. The molecule has 0 fully saturated rings. The van der Waals surface area contributed by atoms with Gasteiger partial charge >= 0.3 is 0 Å². The van der Waals surface area contributed by atoms with Gasteiger partial charge in [0.15, 0.2) is 11.6 Å². The third-order valence-electron chi connectivity index (χ3n) is 3.96. The molecule has 116 valence electrons. The maximum atomic E-state index is 14.2. The summed E-state index contributed by atoms with van der Waals surface area (Å²) < 4.78 is 34.1. The van der Waals surface area contributed by atoms with Gasteiger partial charge in [0, 0.05) is 16.3 Å². The third-order valence-corrected chi connectivity index (χ3v) is 3.96. The van der Waals surface area contributed by atoms with Crippen LogP contribution < -0.4 is 0 Å². The zero-order valence-electron chi connectivity index (χ0n) is 12.2. The average molecular weight is 321 g/mol. The SMILES string of the molecule is N#Cc1ccc2oc3c(-c4ccccc4F)c(O)c(F)cc3c2c1. The summed E-state index contributed by atoms with van der Waals surface area (Å²) in [7, 11) is 0. The second-order valence-electron chi connectivity index (χ2n) is 5.36. The summed E-state index contributed by atoms with van der Waals surface area (Å²) in [5.41, 5.74) is 0.985. The molecule has 0 amide bonds. The number of halogens is 2. The Kier molecular flexibility index (Phi) is 3.00. The molecule has 3 nitrogen and oxygen atoms in total. The lowest BCUT2D eigenvalue weighted by molar-refractivity contribution is 0.434. The lowest BCUT2D eigenvalue weighted by Crippen LogP contribution is -1.88. The number of nitrogens with zero attached hydrogens (tertiary/aromatic N) is 1. The highest BCUT2D eigenvalue weighted by Crippen LogP contribution is 2.43. The molecule has 0 atom stereocenters. The number of furan rings is 1. The van der Waals surface area contributed by atoms with E-state index < -0.39 is 17.4 Å². The van der Waals surface area contributed by atoms with E-state index in [4.69, 9.17) is 9.68 Å². The van der Waals surface area contributed by atoms with E-state index in [0.29, 0.717) is 21.9 Å². The molecule has 0 aliphatic carbocycles. The molecule has 0 aliphatic rings. The van der Waals surface area contributed by atoms with Crippen molar-refractivity contribution in [3.8, 4) is 22.9 Å². The minimum Gasteiger partial charge on any atom is -0.504 e. The third kappa shape index (κ3) is 1.94. The molecule has 24 heavy (non-hydrogen) atoms. The van der Waals surface area contributed by atoms with Crippen LogP contribution in [0.5, 0.6) is 5.75 Å². The standard InChI is InChI=1S/C19H9F2NO2/c20-14-4-2-1-3-11(14)17-18(23)15(21)8-13-12-7-10(9-22)5-6-16(12)24-19(13)17/h1-8,23H. The van der Waals surface area contributed by atoms with Crippen LogP contribution in [0.2, 0.25) is 0 Å². The number of hydrogen-bond donors (Lipinski definition) is 1. The van der Waals surface area contributed by atoms with E-state index in [1.807, 2.05) is 6.07 Å². The van der Waals surface area contributed by atoms with Gasteiger partial charge in [-0.15, -0.1) is 0 Å². The summed E-state index contributed by atoms with van der Waals surface area (Å²) in [5, 5.41) is 20.1. The lowest BCUT2D eigenvalue weighted by atomic mass is 10.00. The van der Waals surface area contributed by atoms with E-state index in [1.54, 1.807) is 24.3 Å². The normalized spacial score (nSPS) is 11.0. The van der Waals surface area contributed by atoms with Crippen molar-refractivity contribution in [3.63, 3.8) is 0 Å². The highest BCUT2D eigenvalue weighted by molar-refractivity contribution is 6.11. The Morgan fingerprint density at radius 2 is 1.75 bits per heavy atom. The fourth-order valence-electron chi connectivity index (χ4n) is 2.85. The first-order valence-corrected chi connectivity index (χ1v) is 7.13. The smallest absolute Gasteiger partial charge is 0.166 e. The minimum atomic E-state index is -0.884. The lowest BCUT2D eigenvalue weighted by Gasteiger charge is -2.07. The molecule has 0 radical (unpaired) electrons. The van der Waals surface area contributed by atoms with Crippen LogP contribution in [0.4, 0.5) is 8.78 Å². The Hall–Kier alpha value is -3.39. The van der Waals surface area contributed by atoms with Crippen LogP contribution in [-0.4, -0.2) is 5.11 Å². The largest absolute Gasteiger partial charge is 0.504 e. The van der Waals surface area contributed by atoms with E-state index in [-0.39, 0.29) is 16.7 Å². The first kappa shape index (κ1) is 14.2. The zero-order chi connectivity index (χ0) is 16.8. The number of rotatable bonds is 1. The fourth-order valence-corrected chi connectivity index (χ4v) is 2.85. The van der Waals surface area contributed by atoms with Crippen molar-refractivity contribution in [3.05, 3.63) is 65.7 Å². The molecule has 1 heterocycles. The topological polar surface area (TPSA) is 57.2 Å². The maximum absolute atomic E-state index is 14.2. The van der Waals surface area contributed by atoms with E-state index >= 15 is 0 Å². The first-order valence-electron chi connectivity index (χ1n) is 7.13. The van der Waals surface area contributed by atoms with Crippen molar-refractivity contribution in [2.24, 2.45) is 0 Å². The van der Waals surface area contributed by atoms with Crippen LogP contribution in [0.3, 0.4) is 0 Å². The van der Waals surface area contributed by atoms with Crippen LogP contribution in [0.1, 0.15) is 5.56 Å². The van der Waals surface area contributed by atoms with E-state index in [1.165, 1.54) is 18.2 Å². The molecule has 4 rings (SSSR count). The van der Waals surface area contributed by atoms with Crippen molar-refractivity contribution < 1.29 is 18.3 Å². The van der Waals surface area contributed by atoms with Crippen LogP contribution in [0.15, 0.2) is 52.9 Å². The number of nitriles is 1. The van der Waals surface area contributed by atoms with Gasteiger partial charge in [0.2, 0.25) is 0 Å². The van der Waals surface area contributed by atoms with Crippen molar-refractivity contribution >= 4 is 21.9 Å². The van der Waals surface area contributed by atoms with Gasteiger partial charge in [-0.3, -0.25) is 0 Å². The van der Waals surface area contributed by atoms with Gasteiger partial charge in [0.05, 0.1) is 17.2 Å². The maximum Gasteiger partial charge on any atom is 0.166 e. The summed E-state index contributed by atoms with van der Waals surface area (Å²) in [6.07, 6.45) is 0. The van der Waals surface area contributed by atoms with Crippen molar-refractivity contribution in [2.75, 3.05) is 0 Å². The van der Waals surface area contributed by atoms with Gasteiger partial charge in [-0.2, -0.15) is 5.26 Å². The molecule has 5 heteroatoms. The van der Waals surface area contributed by atoms with Crippen LogP contribution in [-0.2, 0) is 0 Å². The molecule has 0 spiro atoms. The fraction of sp³-hybridized carbons (Fsp3) is 0. The van der Waals surface area contributed by atoms with E-state index in [0.717, 1.165) is 6.07 Å². The van der Waals surface area contributed by atoms with Gasteiger partial charge in [-0.25, -0.2) is 8.78 Å². The quantitative estimate of drug-likeness (QED) is 0.530. The zero-order valence-corrected chi connectivity index (χ0v) is 12.2. The molecular weight excluding hydrogens is 312 g/mol. The molecule has 1 N–H and O–H groups in total. The van der Waals surface area contributed by atoms with Gasteiger partial charge in [-0.05, 0) is 30.3 Å². The Labute approximate surface area is 135 Å². The predicted molar refractivity (Wildman–Crippen MR) is 85.5 cm³/mol. The number of fused-ring (bicyclic) bond motifs is 3. The molecule has 0 unspecified atom stereocenters. The molecule has 0 saturated carbocycles. The molecule has 0 aliphatic heterocycles. The van der Waals surface area contributed by atoms with Gasteiger partial charge in [-0.1, -0.05) is 18.2 Å². The molecular formula is C19H9F2NO2. The Balaban J connectivity index is 2.19. The Bertz CT molecular complexity index is 1160. The van der Waals surface area contributed by atoms with Crippen LogP contribution >= 0.6 is 0 Å². The number of hydrogen-bond acceptors (Lipinski definition) is 3. The average Bonchev–Trinajstić information content (AvgIpc) is 2.94. The van der Waals surface area contributed by atoms with Gasteiger partial charge < -0.3 is 9.52 Å². The Morgan fingerprint density at radius 3 is 2.50 bits per heavy atom. The number of benzene rings is 3. The second kappa shape index (κ2) is 5.07. The summed E-state index contributed by atoms with van der Waals surface area (Å²) >= 11 is 0. The monoisotopic (exact) mass is 321 g/mol. The summed E-state index contributed by atoms with van der Waals surface area (Å²) in [6, 6.07) is 13.6. The van der Waals surface area contributed by atoms with Gasteiger partial charge in [0.25, 0.3) is 0 Å². The van der Waals surface area contributed by atoms with E-state index in [2.05, 4.69) is 0 Å². The highest BCUT2D eigenvalue weighted by Gasteiger charge is 2.22. The number of phenolic OH excluding ortho intramolecular Hbond substituents is 1. The van der Waals surface area contributed by atoms with Crippen molar-refractivity contribution in [1.82, 2.24) is 0 Å². The molecule has 4 aromatic rings. The van der Waals surface area contributed by atoms with Crippen molar-refractivity contribution in [1.29, 1.82) is 5.26 Å². The van der Waals surface area contributed by atoms with Gasteiger partial charge in [0.1, 0.15) is 17.0 Å². The molecule has 0 saturated heterocycles. The number of phenols is 1. The Morgan fingerprint density at radius 1 is 0.958 bits per heavy atom. The summed E-state index contributed by atoms with van der Waals surface area (Å²) in [5.74, 6) is -2.16. The van der Waals surface area contributed by atoms with Crippen LogP contribution in [0, 0.1) is 23.0 Å².